The number of ketones is 1. The first-order valence-electron chi connectivity index (χ1n) is 9.03. The zero-order valence-corrected chi connectivity index (χ0v) is 17.6. The van der Waals surface area contributed by atoms with Crippen molar-refractivity contribution < 1.29 is 22.5 Å². The molecular formula is C21H21N3O5S. The summed E-state index contributed by atoms with van der Waals surface area (Å²) in [4.78, 5) is 16.6. The van der Waals surface area contributed by atoms with E-state index in [9.17, 15) is 13.2 Å². The molecule has 1 aromatic heterocycles. The third kappa shape index (κ3) is 5.19. The molecule has 0 aliphatic heterocycles. The Morgan fingerprint density at radius 1 is 1.17 bits per heavy atom. The van der Waals surface area contributed by atoms with Crippen molar-refractivity contribution in [1.82, 2.24) is 14.4 Å². The summed E-state index contributed by atoms with van der Waals surface area (Å²) in [5.74, 6) is 1.27. The van der Waals surface area contributed by atoms with Crippen molar-refractivity contribution in [1.29, 1.82) is 0 Å². The van der Waals surface area contributed by atoms with Gasteiger partial charge in [0.1, 0.15) is 5.75 Å². The van der Waals surface area contributed by atoms with Crippen LogP contribution < -0.4 is 4.74 Å². The van der Waals surface area contributed by atoms with Gasteiger partial charge in [0.2, 0.25) is 21.7 Å². The van der Waals surface area contributed by atoms with Crippen LogP contribution in [-0.2, 0) is 16.6 Å². The van der Waals surface area contributed by atoms with Crippen LogP contribution in [0, 0.1) is 6.92 Å². The van der Waals surface area contributed by atoms with E-state index < -0.39 is 10.0 Å². The fraction of sp³-hybridized carbons (Fsp3) is 0.190. The minimum absolute atomic E-state index is 0.0741. The van der Waals surface area contributed by atoms with Gasteiger partial charge in [-0.2, -0.15) is 4.98 Å². The third-order valence-corrected chi connectivity index (χ3v) is 5.95. The summed E-state index contributed by atoms with van der Waals surface area (Å²) in [5.41, 5.74) is 1.09. The number of aryl methyl sites for hydroxylation is 1. The predicted molar refractivity (Wildman–Crippen MR) is 110 cm³/mol. The Kier molecular flexibility index (Phi) is 6.43. The van der Waals surface area contributed by atoms with Gasteiger partial charge in [0.05, 0.1) is 4.90 Å². The molecule has 8 nitrogen and oxygen atoms in total. The quantitative estimate of drug-likeness (QED) is 0.402. The van der Waals surface area contributed by atoms with Gasteiger partial charge in [-0.15, -0.1) is 0 Å². The van der Waals surface area contributed by atoms with E-state index in [0.29, 0.717) is 23.0 Å². The van der Waals surface area contributed by atoms with E-state index in [1.807, 2.05) is 0 Å². The summed E-state index contributed by atoms with van der Waals surface area (Å²) in [5, 5.41) is 3.76. The Bertz CT molecular complexity index is 1170. The van der Waals surface area contributed by atoms with Crippen molar-refractivity contribution >= 4 is 21.9 Å². The minimum atomic E-state index is -3.60. The molecule has 3 rings (SSSR count). The molecular weight excluding hydrogens is 406 g/mol. The van der Waals surface area contributed by atoms with Crippen molar-refractivity contribution in [3.05, 3.63) is 77.4 Å². The average molecular weight is 427 g/mol. The van der Waals surface area contributed by atoms with Crippen LogP contribution >= 0.6 is 0 Å². The standard InChI is InChI=1S/C21H21N3O5S/c1-15-22-21(23-29-15)14-28-18-10-7-16(8-11-18)9-12-20(25)17-5-4-6-19(13-17)30(26,27)24(2)3/h4-13H,14H2,1-3H3/b12-9+. The molecule has 3 aromatic rings. The first-order valence-corrected chi connectivity index (χ1v) is 10.5. The summed E-state index contributed by atoms with van der Waals surface area (Å²) in [6.07, 6.45) is 3.06. The van der Waals surface area contributed by atoms with Gasteiger partial charge in [0, 0.05) is 26.6 Å². The third-order valence-electron chi connectivity index (χ3n) is 4.14. The monoisotopic (exact) mass is 427 g/mol. The lowest BCUT2D eigenvalue weighted by molar-refractivity contribution is 0.104. The number of carbonyl (C=O) groups excluding carboxylic acids is 1. The second kappa shape index (κ2) is 9.02. The van der Waals surface area contributed by atoms with Crippen molar-refractivity contribution in [2.24, 2.45) is 0 Å². The molecule has 2 aromatic carbocycles. The number of allylic oxidation sites excluding steroid dienone is 1. The van der Waals surface area contributed by atoms with Gasteiger partial charge >= 0.3 is 0 Å². The van der Waals surface area contributed by atoms with Crippen LogP contribution in [0.25, 0.3) is 6.08 Å². The Labute approximate surface area is 174 Å². The highest BCUT2D eigenvalue weighted by Crippen LogP contribution is 2.17. The molecule has 0 bridgehead atoms. The van der Waals surface area contributed by atoms with E-state index in [4.69, 9.17) is 9.26 Å². The summed E-state index contributed by atoms with van der Waals surface area (Å²) in [6, 6.07) is 13.1. The maximum absolute atomic E-state index is 12.5. The number of nitrogens with zero attached hydrogens (tertiary/aromatic N) is 3. The van der Waals surface area contributed by atoms with Gasteiger partial charge in [0.15, 0.2) is 12.4 Å². The van der Waals surface area contributed by atoms with Gasteiger partial charge in [-0.25, -0.2) is 12.7 Å². The molecule has 9 heteroatoms. The molecule has 0 N–H and O–H groups in total. The smallest absolute Gasteiger partial charge is 0.242 e. The van der Waals surface area contributed by atoms with Gasteiger partial charge in [0.25, 0.3) is 0 Å². The van der Waals surface area contributed by atoms with Crippen molar-refractivity contribution in [3.63, 3.8) is 0 Å². The van der Waals surface area contributed by atoms with Crippen molar-refractivity contribution in [2.75, 3.05) is 14.1 Å². The second-order valence-corrected chi connectivity index (χ2v) is 8.75. The van der Waals surface area contributed by atoms with Crippen LogP contribution in [0.3, 0.4) is 0 Å². The summed E-state index contributed by atoms with van der Waals surface area (Å²) in [6.45, 7) is 1.90. The highest BCUT2D eigenvalue weighted by Gasteiger charge is 2.18. The minimum Gasteiger partial charge on any atom is -0.485 e. The van der Waals surface area contributed by atoms with Gasteiger partial charge in [-0.1, -0.05) is 35.5 Å². The van der Waals surface area contributed by atoms with E-state index in [1.54, 1.807) is 49.4 Å². The number of hydrogen-bond donors (Lipinski definition) is 0. The van der Waals surface area contributed by atoms with Crippen LogP contribution in [0.5, 0.6) is 5.75 Å². The molecule has 0 spiro atoms. The molecule has 30 heavy (non-hydrogen) atoms. The van der Waals surface area contributed by atoms with Crippen LogP contribution in [-0.4, -0.2) is 42.7 Å². The molecule has 0 amide bonds. The van der Waals surface area contributed by atoms with E-state index in [2.05, 4.69) is 10.1 Å². The number of benzene rings is 2. The molecule has 0 fully saturated rings. The maximum Gasteiger partial charge on any atom is 0.242 e. The number of aromatic nitrogens is 2. The van der Waals surface area contributed by atoms with Gasteiger partial charge in [-0.05, 0) is 35.9 Å². The van der Waals surface area contributed by atoms with Crippen molar-refractivity contribution in [3.8, 4) is 5.75 Å². The summed E-state index contributed by atoms with van der Waals surface area (Å²) in [7, 11) is -0.711. The Morgan fingerprint density at radius 3 is 2.53 bits per heavy atom. The largest absolute Gasteiger partial charge is 0.485 e. The summed E-state index contributed by atoms with van der Waals surface area (Å²) < 4.78 is 36.0. The Hall–Kier alpha value is -3.30. The zero-order valence-electron chi connectivity index (χ0n) is 16.8. The molecule has 0 unspecified atom stereocenters. The van der Waals surface area contributed by atoms with Crippen molar-refractivity contribution in [2.45, 2.75) is 18.4 Å². The predicted octanol–water partition coefficient (Wildman–Crippen LogP) is 3.10. The molecule has 0 saturated carbocycles. The fourth-order valence-corrected chi connectivity index (χ4v) is 3.46. The van der Waals surface area contributed by atoms with Gasteiger partial charge < -0.3 is 9.26 Å². The number of sulfonamides is 1. The number of ether oxygens (including phenoxy) is 1. The first kappa shape index (κ1) is 21.4. The van der Waals surface area contributed by atoms with E-state index in [-0.39, 0.29) is 17.3 Å². The Morgan fingerprint density at radius 2 is 1.90 bits per heavy atom. The lowest BCUT2D eigenvalue weighted by atomic mass is 10.1. The highest BCUT2D eigenvalue weighted by atomic mass is 32.2. The maximum atomic E-state index is 12.5. The molecule has 0 atom stereocenters. The molecule has 1 heterocycles. The fourth-order valence-electron chi connectivity index (χ4n) is 2.51. The van der Waals surface area contributed by atoms with E-state index in [0.717, 1.165) is 9.87 Å². The van der Waals surface area contributed by atoms with E-state index >= 15 is 0 Å². The first-order chi connectivity index (χ1) is 14.3. The SMILES string of the molecule is Cc1nc(COc2ccc(/C=C/C(=O)c3cccc(S(=O)(=O)N(C)C)c3)cc2)no1. The van der Waals surface area contributed by atoms with Crippen LogP contribution in [0.15, 0.2) is 64.0 Å². The number of rotatable bonds is 8. The molecule has 0 aliphatic carbocycles. The highest BCUT2D eigenvalue weighted by molar-refractivity contribution is 7.89. The summed E-state index contributed by atoms with van der Waals surface area (Å²) >= 11 is 0. The van der Waals surface area contributed by atoms with Crippen LogP contribution in [0.4, 0.5) is 0 Å². The molecule has 0 saturated heterocycles. The lowest BCUT2D eigenvalue weighted by Crippen LogP contribution is -2.22. The second-order valence-electron chi connectivity index (χ2n) is 6.60. The van der Waals surface area contributed by atoms with Crippen LogP contribution in [0.1, 0.15) is 27.6 Å². The normalized spacial score (nSPS) is 11.9. The number of hydrogen-bond acceptors (Lipinski definition) is 7. The number of carbonyl (C=O) groups is 1. The molecule has 156 valence electrons. The van der Waals surface area contributed by atoms with Crippen LogP contribution in [0.2, 0.25) is 0 Å². The molecule has 0 aliphatic rings. The average Bonchev–Trinajstić information content (AvgIpc) is 3.16. The van der Waals surface area contributed by atoms with E-state index in [1.165, 1.54) is 32.3 Å². The van der Waals surface area contributed by atoms with Gasteiger partial charge in [-0.3, -0.25) is 4.79 Å². The topological polar surface area (TPSA) is 103 Å². The Balaban J connectivity index is 1.65. The molecule has 0 radical (unpaired) electrons. The zero-order chi connectivity index (χ0) is 21.7. The lowest BCUT2D eigenvalue weighted by Gasteiger charge is -2.11.